The van der Waals surface area contributed by atoms with Crippen LogP contribution in [0.3, 0.4) is 0 Å². The zero-order valence-corrected chi connectivity index (χ0v) is 16.5. The van der Waals surface area contributed by atoms with Crippen molar-refractivity contribution in [2.24, 2.45) is 5.73 Å². The van der Waals surface area contributed by atoms with Crippen LogP contribution in [0.1, 0.15) is 21.3 Å². The lowest BCUT2D eigenvalue weighted by Gasteiger charge is -2.28. The number of carbonyl (C=O) groups excluding carboxylic acids is 3. The lowest BCUT2D eigenvalue weighted by molar-refractivity contribution is -0.138. The van der Waals surface area contributed by atoms with Crippen molar-refractivity contribution in [3.05, 3.63) is 56.4 Å². The third-order valence-corrected chi connectivity index (χ3v) is 5.33. The van der Waals surface area contributed by atoms with Crippen LogP contribution < -0.4 is 5.73 Å². The zero-order chi connectivity index (χ0) is 19.4. The number of rotatable bonds is 6. The van der Waals surface area contributed by atoms with Gasteiger partial charge in [-0.15, -0.1) is 11.3 Å². The molecular weight excluding hydrogens is 425 g/mol. The Labute approximate surface area is 162 Å². The molecule has 2 rings (SSSR count). The molecule has 1 unspecified atom stereocenters. The summed E-state index contributed by atoms with van der Waals surface area (Å²) in [5.74, 6) is -2.14. The van der Waals surface area contributed by atoms with Crippen LogP contribution in [0.15, 0.2) is 40.2 Å². The molecule has 1 aromatic carbocycles. The number of benzene rings is 1. The van der Waals surface area contributed by atoms with E-state index in [-0.39, 0.29) is 18.0 Å². The minimum absolute atomic E-state index is 0.246. The summed E-state index contributed by atoms with van der Waals surface area (Å²) in [7, 11) is 2.88. The van der Waals surface area contributed by atoms with Crippen molar-refractivity contribution in [1.29, 1.82) is 0 Å². The van der Waals surface area contributed by atoms with Gasteiger partial charge in [-0.05, 0) is 45.8 Å². The number of amides is 3. The molecular formula is C17H17BrFN3O3S. The first kappa shape index (κ1) is 20.1. The molecule has 3 amide bonds. The number of nitrogens with two attached hydrogens (primary N) is 1. The van der Waals surface area contributed by atoms with Gasteiger partial charge < -0.3 is 15.5 Å². The van der Waals surface area contributed by atoms with Gasteiger partial charge >= 0.3 is 0 Å². The average molecular weight is 442 g/mol. The van der Waals surface area contributed by atoms with E-state index >= 15 is 0 Å². The Bertz CT molecular complexity index is 842. The van der Waals surface area contributed by atoms with E-state index in [2.05, 4.69) is 15.9 Å². The number of nitrogens with zero attached hydrogens (tertiary/aromatic N) is 2. The smallest absolute Gasteiger partial charge is 0.264 e. The van der Waals surface area contributed by atoms with Crippen molar-refractivity contribution in [3.63, 3.8) is 0 Å². The van der Waals surface area contributed by atoms with E-state index in [1.807, 2.05) is 0 Å². The molecule has 138 valence electrons. The van der Waals surface area contributed by atoms with Gasteiger partial charge in [0.25, 0.3) is 5.91 Å². The lowest BCUT2D eigenvalue weighted by atomic mass is 10.0. The highest BCUT2D eigenvalue weighted by molar-refractivity contribution is 9.11. The Morgan fingerprint density at radius 2 is 1.92 bits per heavy atom. The first-order valence-corrected chi connectivity index (χ1v) is 9.13. The van der Waals surface area contributed by atoms with Crippen molar-refractivity contribution >= 4 is 45.0 Å². The molecule has 1 aromatic heterocycles. The maximum atomic E-state index is 13.4. The molecule has 0 radical (unpaired) electrons. The summed E-state index contributed by atoms with van der Waals surface area (Å²) < 4.78 is 14.3. The molecule has 0 aliphatic rings. The summed E-state index contributed by atoms with van der Waals surface area (Å²) in [6.07, 6.45) is 0. The number of hydrogen-bond acceptors (Lipinski definition) is 4. The van der Waals surface area contributed by atoms with Crippen LogP contribution in [0.5, 0.6) is 0 Å². The van der Waals surface area contributed by atoms with E-state index in [1.165, 1.54) is 48.5 Å². The quantitative estimate of drug-likeness (QED) is 0.746. The molecule has 0 aliphatic heterocycles. The van der Waals surface area contributed by atoms with Crippen molar-refractivity contribution in [2.75, 3.05) is 20.6 Å². The molecule has 1 heterocycles. The number of thiophene rings is 1. The SMILES string of the molecule is CN(CC(=O)N(C)C(C(N)=O)c1cccc(F)c1)C(=O)c1ccc(Br)s1. The summed E-state index contributed by atoms with van der Waals surface area (Å²) in [5, 5.41) is 0. The van der Waals surface area contributed by atoms with Gasteiger partial charge in [-0.1, -0.05) is 12.1 Å². The third kappa shape index (κ3) is 4.67. The molecule has 1 atom stereocenters. The van der Waals surface area contributed by atoms with Gasteiger partial charge in [0.1, 0.15) is 11.9 Å². The predicted molar refractivity (Wildman–Crippen MR) is 100 cm³/mol. The van der Waals surface area contributed by atoms with Gasteiger partial charge in [-0.3, -0.25) is 14.4 Å². The third-order valence-electron chi connectivity index (χ3n) is 3.72. The molecule has 0 saturated heterocycles. The fraction of sp³-hybridized carbons (Fsp3) is 0.235. The second-order valence-corrected chi connectivity index (χ2v) is 8.09. The minimum atomic E-state index is -1.13. The van der Waals surface area contributed by atoms with Gasteiger partial charge in [0.15, 0.2) is 0 Å². The molecule has 9 heteroatoms. The summed E-state index contributed by atoms with van der Waals surface area (Å²) in [4.78, 5) is 39.5. The van der Waals surface area contributed by atoms with Crippen molar-refractivity contribution < 1.29 is 18.8 Å². The van der Waals surface area contributed by atoms with Crippen LogP contribution in [0, 0.1) is 5.82 Å². The van der Waals surface area contributed by atoms with Gasteiger partial charge in [0.05, 0.1) is 15.2 Å². The summed E-state index contributed by atoms with van der Waals surface area (Å²) in [5.41, 5.74) is 5.67. The molecule has 0 bridgehead atoms. The second kappa shape index (κ2) is 8.41. The normalized spacial score (nSPS) is 11.7. The molecule has 0 spiro atoms. The number of primary amides is 1. The summed E-state index contributed by atoms with van der Waals surface area (Å²) in [6, 6.07) is 7.60. The fourth-order valence-corrected chi connectivity index (χ4v) is 3.78. The fourth-order valence-electron chi connectivity index (χ4n) is 2.40. The van der Waals surface area contributed by atoms with Gasteiger partial charge in [0.2, 0.25) is 11.8 Å². The van der Waals surface area contributed by atoms with Gasteiger partial charge in [-0.25, -0.2) is 4.39 Å². The Balaban J connectivity index is 2.13. The molecule has 6 nitrogen and oxygen atoms in total. The highest BCUT2D eigenvalue weighted by Gasteiger charge is 2.28. The molecule has 2 aromatic rings. The Kier molecular flexibility index (Phi) is 6.49. The van der Waals surface area contributed by atoms with E-state index in [1.54, 1.807) is 12.1 Å². The molecule has 26 heavy (non-hydrogen) atoms. The van der Waals surface area contributed by atoms with Gasteiger partial charge in [0, 0.05) is 14.1 Å². The Hall–Kier alpha value is -2.26. The largest absolute Gasteiger partial charge is 0.368 e. The predicted octanol–water partition coefficient (Wildman–Crippen LogP) is 2.41. The maximum Gasteiger partial charge on any atom is 0.264 e. The average Bonchev–Trinajstić information content (AvgIpc) is 3.00. The van der Waals surface area contributed by atoms with Crippen LogP contribution in [0.4, 0.5) is 4.39 Å². The Morgan fingerprint density at radius 1 is 1.23 bits per heavy atom. The molecule has 0 aliphatic carbocycles. The molecule has 0 fully saturated rings. The van der Waals surface area contributed by atoms with Crippen molar-refractivity contribution in [3.8, 4) is 0 Å². The van der Waals surface area contributed by atoms with Crippen LogP contribution in [0.25, 0.3) is 0 Å². The topological polar surface area (TPSA) is 83.7 Å². The van der Waals surface area contributed by atoms with Crippen LogP contribution >= 0.6 is 27.3 Å². The second-order valence-electron chi connectivity index (χ2n) is 5.63. The van der Waals surface area contributed by atoms with Crippen LogP contribution in [0.2, 0.25) is 0 Å². The number of hydrogen-bond donors (Lipinski definition) is 1. The summed E-state index contributed by atoms with van der Waals surface area (Å²) >= 11 is 4.54. The standard InChI is InChI=1S/C17H17BrFN3O3S/c1-21(17(25)12-6-7-13(18)26-12)9-14(23)22(2)15(16(20)24)10-4-3-5-11(19)8-10/h3-8,15H,9H2,1-2H3,(H2,20,24). The van der Waals surface area contributed by atoms with Gasteiger partial charge in [-0.2, -0.15) is 0 Å². The minimum Gasteiger partial charge on any atom is -0.368 e. The monoisotopic (exact) mass is 441 g/mol. The highest BCUT2D eigenvalue weighted by atomic mass is 79.9. The summed E-state index contributed by atoms with van der Waals surface area (Å²) in [6.45, 7) is -0.246. The number of likely N-dealkylation sites (N-methyl/N-ethyl adjacent to an activating group) is 2. The maximum absolute atomic E-state index is 13.4. The highest BCUT2D eigenvalue weighted by Crippen LogP contribution is 2.24. The van der Waals surface area contributed by atoms with E-state index in [9.17, 15) is 18.8 Å². The lowest BCUT2D eigenvalue weighted by Crippen LogP contribution is -2.44. The Morgan fingerprint density at radius 3 is 2.46 bits per heavy atom. The van der Waals surface area contributed by atoms with Crippen molar-refractivity contribution in [1.82, 2.24) is 9.80 Å². The molecule has 0 saturated carbocycles. The van der Waals surface area contributed by atoms with Crippen LogP contribution in [-0.4, -0.2) is 48.2 Å². The van der Waals surface area contributed by atoms with Crippen LogP contribution in [-0.2, 0) is 9.59 Å². The van der Waals surface area contributed by atoms with Crippen molar-refractivity contribution in [2.45, 2.75) is 6.04 Å². The zero-order valence-electron chi connectivity index (χ0n) is 14.1. The first-order chi connectivity index (χ1) is 12.2. The van der Waals surface area contributed by atoms with E-state index in [4.69, 9.17) is 5.73 Å². The number of carbonyl (C=O) groups is 3. The van der Waals surface area contributed by atoms with E-state index < -0.39 is 23.7 Å². The molecule has 2 N–H and O–H groups in total. The number of halogens is 2. The van der Waals surface area contributed by atoms with E-state index in [0.29, 0.717) is 4.88 Å². The first-order valence-electron chi connectivity index (χ1n) is 7.52. The van der Waals surface area contributed by atoms with E-state index in [0.717, 1.165) is 14.8 Å².